The van der Waals surface area contributed by atoms with E-state index in [2.05, 4.69) is 4.98 Å². The van der Waals surface area contributed by atoms with E-state index in [4.69, 9.17) is 0 Å². The molecular formula is C10H14F2N2. The van der Waals surface area contributed by atoms with E-state index in [-0.39, 0.29) is 18.9 Å². The topological polar surface area (TPSA) is 17.8 Å². The van der Waals surface area contributed by atoms with Gasteiger partial charge in [-0.1, -0.05) is 0 Å². The molecule has 0 bridgehead atoms. The molecule has 1 aliphatic rings. The van der Waals surface area contributed by atoms with Crippen LogP contribution in [0, 0.1) is 6.92 Å². The van der Waals surface area contributed by atoms with Crippen LogP contribution in [-0.4, -0.2) is 15.5 Å². The molecule has 1 aromatic heterocycles. The van der Waals surface area contributed by atoms with Crippen molar-refractivity contribution in [2.45, 2.75) is 44.6 Å². The van der Waals surface area contributed by atoms with Crippen molar-refractivity contribution in [3.05, 3.63) is 18.2 Å². The Kier molecular flexibility index (Phi) is 2.29. The molecule has 1 heterocycles. The fourth-order valence-corrected chi connectivity index (χ4v) is 2.08. The second-order valence-corrected chi connectivity index (χ2v) is 3.97. The molecule has 1 aromatic rings. The highest BCUT2D eigenvalue weighted by atomic mass is 19.3. The summed E-state index contributed by atoms with van der Waals surface area (Å²) in [6.07, 6.45) is 4.74. The SMILES string of the molecule is Cc1nccn1C1CCC(F)(F)CC1. The molecule has 14 heavy (non-hydrogen) atoms. The summed E-state index contributed by atoms with van der Waals surface area (Å²) in [6.45, 7) is 1.91. The van der Waals surface area contributed by atoms with E-state index in [9.17, 15) is 8.78 Å². The Labute approximate surface area is 82.0 Å². The number of imidazole rings is 1. The highest BCUT2D eigenvalue weighted by molar-refractivity contribution is 4.94. The monoisotopic (exact) mass is 200 g/mol. The number of hydrogen-bond donors (Lipinski definition) is 0. The van der Waals surface area contributed by atoms with Gasteiger partial charge in [-0.15, -0.1) is 0 Å². The van der Waals surface area contributed by atoms with E-state index in [1.807, 2.05) is 17.7 Å². The highest BCUT2D eigenvalue weighted by Crippen LogP contribution is 2.38. The molecular weight excluding hydrogens is 186 g/mol. The zero-order valence-electron chi connectivity index (χ0n) is 8.21. The maximum atomic E-state index is 12.9. The van der Waals surface area contributed by atoms with Crippen LogP contribution in [0.3, 0.4) is 0 Å². The molecule has 0 amide bonds. The quantitative estimate of drug-likeness (QED) is 0.681. The first-order valence-electron chi connectivity index (χ1n) is 4.96. The first-order valence-corrected chi connectivity index (χ1v) is 4.96. The summed E-state index contributed by atoms with van der Waals surface area (Å²) < 4.78 is 27.8. The largest absolute Gasteiger partial charge is 0.332 e. The van der Waals surface area contributed by atoms with Crippen molar-refractivity contribution in [3.63, 3.8) is 0 Å². The van der Waals surface area contributed by atoms with Gasteiger partial charge in [-0.05, 0) is 19.8 Å². The average Bonchev–Trinajstić information content (AvgIpc) is 2.52. The fraction of sp³-hybridized carbons (Fsp3) is 0.700. The van der Waals surface area contributed by atoms with Crippen molar-refractivity contribution in [3.8, 4) is 0 Å². The molecule has 4 heteroatoms. The van der Waals surface area contributed by atoms with Crippen LogP contribution in [0.2, 0.25) is 0 Å². The molecule has 1 aliphatic carbocycles. The zero-order chi connectivity index (χ0) is 10.2. The molecule has 2 rings (SSSR count). The Balaban J connectivity index is 2.06. The summed E-state index contributed by atoms with van der Waals surface area (Å²) in [6, 6.07) is 0.220. The number of halogens is 2. The summed E-state index contributed by atoms with van der Waals surface area (Å²) in [5.41, 5.74) is 0. The number of rotatable bonds is 1. The van der Waals surface area contributed by atoms with Crippen LogP contribution in [0.15, 0.2) is 12.4 Å². The van der Waals surface area contributed by atoms with Gasteiger partial charge in [0.05, 0.1) is 0 Å². The van der Waals surface area contributed by atoms with E-state index in [0.29, 0.717) is 12.8 Å². The molecule has 0 aliphatic heterocycles. The van der Waals surface area contributed by atoms with Gasteiger partial charge in [-0.2, -0.15) is 0 Å². The molecule has 78 valence electrons. The summed E-state index contributed by atoms with van der Waals surface area (Å²) in [5, 5.41) is 0. The zero-order valence-corrected chi connectivity index (χ0v) is 8.21. The standard InChI is InChI=1S/C10H14F2N2/c1-8-13-6-7-14(8)9-2-4-10(11,12)5-3-9/h6-7,9H,2-5H2,1H3. The Morgan fingerprint density at radius 1 is 1.43 bits per heavy atom. The first kappa shape index (κ1) is 9.62. The minimum absolute atomic E-state index is 0.00921. The summed E-state index contributed by atoms with van der Waals surface area (Å²) in [7, 11) is 0. The molecule has 0 spiro atoms. The van der Waals surface area contributed by atoms with Gasteiger partial charge in [-0.25, -0.2) is 13.8 Å². The van der Waals surface area contributed by atoms with Crippen LogP contribution in [0.1, 0.15) is 37.5 Å². The van der Waals surface area contributed by atoms with Crippen LogP contribution in [0.4, 0.5) is 8.78 Å². The van der Waals surface area contributed by atoms with Gasteiger partial charge in [0.25, 0.3) is 0 Å². The van der Waals surface area contributed by atoms with Gasteiger partial charge in [0.1, 0.15) is 5.82 Å². The van der Waals surface area contributed by atoms with Crippen molar-refractivity contribution < 1.29 is 8.78 Å². The van der Waals surface area contributed by atoms with E-state index >= 15 is 0 Å². The molecule has 0 aromatic carbocycles. The van der Waals surface area contributed by atoms with Gasteiger partial charge in [0.15, 0.2) is 0 Å². The van der Waals surface area contributed by atoms with Crippen molar-refractivity contribution in [1.29, 1.82) is 0 Å². The third-order valence-corrected chi connectivity index (χ3v) is 2.94. The van der Waals surface area contributed by atoms with Crippen molar-refractivity contribution in [2.75, 3.05) is 0 Å². The maximum Gasteiger partial charge on any atom is 0.248 e. The molecule has 0 N–H and O–H groups in total. The second kappa shape index (κ2) is 3.33. The number of nitrogens with zero attached hydrogens (tertiary/aromatic N) is 2. The Bertz CT molecular complexity index is 310. The van der Waals surface area contributed by atoms with Gasteiger partial charge >= 0.3 is 0 Å². The Hall–Kier alpha value is -0.930. The van der Waals surface area contributed by atoms with Crippen LogP contribution < -0.4 is 0 Å². The second-order valence-electron chi connectivity index (χ2n) is 3.97. The predicted molar refractivity (Wildman–Crippen MR) is 49.4 cm³/mol. The van der Waals surface area contributed by atoms with Gasteiger partial charge < -0.3 is 4.57 Å². The Morgan fingerprint density at radius 3 is 2.57 bits per heavy atom. The molecule has 0 unspecified atom stereocenters. The molecule has 1 fully saturated rings. The molecule has 0 saturated heterocycles. The minimum atomic E-state index is -2.44. The predicted octanol–water partition coefficient (Wildman–Crippen LogP) is 2.94. The molecule has 2 nitrogen and oxygen atoms in total. The van der Waals surface area contributed by atoms with E-state index < -0.39 is 5.92 Å². The Morgan fingerprint density at radius 2 is 2.07 bits per heavy atom. The van der Waals surface area contributed by atoms with Crippen LogP contribution in [-0.2, 0) is 0 Å². The summed E-state index contributed by atoms with van der Waals surface area (Å²) >= 11 is 0. The number of aryl methyl sites for hydroxylation is 1. The lowest BCUT2D eigenvalue weighted by Crippen LogP contribution is -2.26. The van der Waals surface area contributed by atoms with Crippen molar-refractivity contribution >= 4 is 0 Å². The smallest absolute Gasteiger partial charge is 0.248 e. The van der Waals surface area contributed by atoms with Gasteiger partial charge in [0.2, 0.25) is 5.92 Å². The van der Waals surface area contributed by atoms with E-state index in [1.54, 1.807) is 6.20 Å². The average molecular weight is 200 g/mol. The lowest BCUT2D eigenvalue weighted by Gasteiger charge is -2.29. The minimum Gasteiger partial charge on any atom is -0.332 e. The number of alkyl halides is 2. The van der Waals surface area contributed by atoms with Crippen LogP contribution in [0.25, 0.3) is 0 Å². The van der Waals surface area contributed by atoms with Gasteiger partial charge in [-0.3, -0.25) is 0 Å². The van der Waals surface area contributed by atoms with E-state index in [1.165, 1.54) is 0 Å². The highest BCUT2D eigenvalue weighted by Gasteiger charge is 2.35. The summed E-state index contributed by atoms with van der Waals surface area (Å²) in [5.74, 6) is -1.52. The number of hydrogen-bond acceptors (Lipinski definition) is 1. The molecule has 1 saturated carbocycles. The van der Waals surface area contributed by atoms with Gasteiger partial charge in [0, 0.05) is 31.3 Å². The van der Waals surface area contributed by atoms with Crippen LogP contribution in [0.5, 0.6) is 0 Å². The lowest BCUT2D eigenvalue weighted by molar-refractivity contribution is -0.0441. The fourth-order valence-electron chi connectivity index (χ4n) is 2.08. The van der Waals surface area contributed by atoms with Crippen molar-refractivity contribution in [2.24, 2.45) is 0 Å². The molecule has 0 radical (unpaired) electrons. The normalized spacial score (nSPS) is 22.5. The first-order chi connectivity index (χ1) is 6.58. The van der Waals surface area contributed by atoms with Crippen LogP contribution >= 0.6 is 0 Å². The third kappa shape index (κ3) is 1.79. The molecule has 0 atom stereocenters. The third-order valence-electron chi connectivity index (χ3n) is 2.94. The van der Waals surface area contributed by atoms with E-state index in [0.717, 1.165) is 5.82 Å². The lowest BCUT2D eigenvalue weighted by atomic mass is 9.92. The number of aromatic nitrogens is 2. The van der Waals surface area contributed by atoms with Crippen molar-refractivity contribution in [1.82, 2.24) is 9.55 Å². The summed E-state index contributed by atoms with van der Waals surface area (Å²) in [4.78, 5) is 4.10. The maximum absolute atomic E-state index is 12.9.